The molecule has 3 aromatic rings. The number of nitrogens with two attached hydrogens (primary N) is 1. The quantitative estimate of drug-likeness (QED) is 0.540. The van der Waals surface area contributed by atoms with E-state index in [0.717, 1.165) is 22.5 Å². The van der Waals surface area contributed by atoms with Crippen LogP contribution in [0.15, 0.2) is 53.7 Å². The van der Waals surface area contributed by atoms with Gasteiger partial charge in [0.05, 0.1) is 23.4 Å². The molecule has 2 aromatic carbocycles. The van der Waals surface area contributed by atoms with Crippen molar-refractivity contribution in [2.45, 2.75) is 18.5 Å². The number of hydrogen-bond donors (Lipinski definition) is 2. The minimum absolute atomic E-state index is 0.107. The van der Waals surface area contributed by atoms with Crippen LogP contribution in [0.4, 0.5) is 5.69 Å². The van der Waals surface area contributed by atoms with Crippen molar-refractivity contribution in [2.75, 3.05) is 23.8 Å². The molecule has 0 saturated heterocycles. The first kappa shape index (κ1) is 19.8. The number of thioether (sulfide) groups is 1. The summed E-state index contributed by atoms with van der Waals surface area (Å²) in [7, 11) is 0. The Morgan fingerprint density at radius 1 is 1.21 bits per heavy atom. The molecule has 0 fully saturated rings. The summed E-state index contributed by atoms with van der Waals surface area (Å²) in [6.07, 6.45) is 0.107. The molecule has 0 aliphatic carbocycles. The number of fused-ring (bicyclic) bond motifs is 1. The Morgan fingerprint density at radius 2 is 2.00 bits per heavy atom. The number of nitrogens with zero attached hydrogens (tertiary/aromatic N) is 2. The van der Waals surface area contributed by atoms with Crippen molar-refractivity contribution in [1.29, 1.82) is 0 Å². The van der Waals surface area contributed by atoms with Crippen LogP contribution >= 0.6 is 11.8 Å². The van der Waals surface area contributed by atoms with E-state index in [1.807, 2.05) is 55.5 Å². The summed E-state index contributed by atoms with van der Waals surface area (Å²) in [6.45, 7) is 2.77. The highest BCUT2D eigenvalue weighted by Crippen LogP contribution is 2.24. The summed E-state index contributed by atoms with van der Waals surface area (Å²) in [6, 6.07) is 14.9. The number of aromatic nitrogens is 2. The van der Waals surface area contributed by atoms with Gasteiger partial charge in [-0.1, -0.05) is 30.0 Å². The molecule has 0 saturated carbocycles. The molecule has 0 aliphatic rings. The van der Waals surface area contributed by atoms with Gasteiger partial charge < -0.3 is 20.4 Å². The third-order valence-corrected chi connectivity index (χ3v) is 4.88. The summed E-state index contributed by atoms with van der Waals surface area (Å²) in [5, 5.41) is 0.653. The van der Waals surface area contributed by atoms with Crippen LogP contribution in [0, 0.1) is 0 Å². The van der Waals surface area contributed by atoms with E-state index in [9.17, 15) is 9.59 Å². The number of primary amides is 1. The number of carbonyl (C=O) groups is 2. The van der Waals surface area contributed by atoms with Gasteiger partial charge in [0.25, 0.3) is 0 Å². The van der Waals surface area contributed by atoms with Gasteiger partial charge in [0.1, 0.15) is 5.75 Å². The lowest BCUT2D eigenvalue weighted by atomic mass is 10.2. The van der Waals surface area contributed by atoms with E-state index < -0.39 is 5.91 Å². The summed E-state index contributed by atoms with van der Waals surface area (Å²) in [5.74, 6) is 0.399. The number of benzene rings is 2. The zero-order chi connectivity index (χ0) is 19.9. The second-order valence-corrected chi connectivity index (χ2v) is 7.00. The fraction of sp³-hybridized carbons (Fsp3) is 0.250. The van der Waals surface area contributed by atoms with Gasteiger partial charge in [0.15, 0.2) is 5.16 Å². The second-order valence-electron chi connectivity index (χ2n) is 6.04. The van der Waals surface area contributed by atoms with Crippen molar-refractivity contribution in [3.05, 3.63) is 48.5 Å². The number of para-hydroxylation sites is 1. The Hall–Kier alpha value is -3.00. The molecule has 1 heterocycles. The van der Waals surface area contributed by atoms with Gasteiger partial charge in [0.2, 0.25) is 11.8 Å². The van der Waals surface area contributed by atoms with Crippen LogP contribution in [-0.4, -0.2) is 40.7 Å². The van der Waals surface area contributed by atoms with E-state index in [2.05, 4.69) is 9.97 Å². The van der Waals surface area contributed by atoms with Gasteiger partial charge in [-0.3, -0.25) is 9.59 Å². The van der Waals surface area contributed by atoms with Crippen LogP contribution < -0.4 is 15.4 Å². The lowest BCUT2D eigenvalue weighted by Gasteiger charge is -2.22. The number of rotatable bonds is 9. The normalized spacial score (nSPS) is 10.8. The van der Waals surface area contributed by atoms with Crippen LogP contribution in [0.1, 0.15) is 13.3 Å². The first-order valence-electron chi connectivity index (χ1n) is 8.96. The lowest BCUT2D eigenvalue weighted by Crippen LogP contribution is -2.35. The molecule has 3 N–H and O–H groups in total. The maximum atomic E-state index is 12.8. The Morgan fingerprint density at radius 3 is 2.71 bits per heavy atom. The molecule has 0 aliphatic heterocycles. The van der Waals surface area contributed by atoms with E-state index in [1.54, 1.807) is 4.90 Å². The molecule has 7 nitrogen and oxygen atoms in total. The minimum Gasteiger partial charge on any atom is -0.494 e. The van der Waals surface area contributed by atoms with Gasteiger partial charge in [-0.25, -0.2) is 4.98 Å². The molecule has 0 radical (unpaired) electrons. The first-order valence-corrected chi connectivity index (χ1v) is 9.94. The van der Waals surface area contributed by atoms with E-state index in [0.29, 0.717) is 11.8 Å². The van der Waals surface area contributed by atoms with Crippen molar-refractivity contribution in [3.8, 4) is 5.75 Å². The maximum absolute atomic E-state index is 12.8. The molecule has 0 unspecified atom stereocenters. The fourth-order valence-electron chi connectivity index (χ4n) is 2.73. The largest absolute Gasteiger partial charge is 0.494 e. The topological polar surface area (TPSA) is 101 Å². The smallest absolute Gasteiger partial charge is 0.237 e. The standard InChI is InChI=1S/C20H22N4O3S/c1-2-27-15-8-9-16-17(12-15)23-20(22-16)28-13-19(26)24(11-10-18(21)25)14-6-4-3-5-7-14/h3-9,12H,2,10-11,13H2,1H3,(H2,21,25)(H,22,23). The van der Waals surface area contributed by atoms with Crippen LogP contribution in [0.5, 0.6) is 5.75 Å². The summed E-state index contributed by atoms with van der Waals surface area (Å²) >= 11 is 1.32. The number of amides is 2. The van der Waals surface area contributed by atoms with Crippen molar-refractivity contribution < 1.29 is 14.3 Å². The molecule has 0 atom stereocenters. The minimum atomic E-state index is -0.441. The number of ether oxygens (including phenoxy) is 1. The summed E-state index contributed by atoms with van der Waals surface area (Å²) in [5.41, 5.74) is 7.66. The van der Waals surface area contributed by atoms with Crippen molar-refractivity contribution >= 4 is 40.3 Å². The molecule has 0 bridgehead atoms. The molecular weight excluding hydrogens is 376 g/mol. The van der Waals surface area contributed by atoms with Crippen molar-refractivity contribution in [3.63, 3.8) is 0 Å². The van der Waals surface area contributed by atoms with Gasteiger partial charge in [-0.15, -0.1) is 0 Å². The number of hydrogen-bond acceptors (Lipinski definition) is 5. The number of carbonyl (C=O) groups excluding carboxylic acids is 2. The predicted octanol–water partition coefficient (Wildman–Crippen LogP) is 2.96. The number of anilines is 1. The average Bonchev–Trinajstić information content (AvgIpc) is 3.09. The highest BCUT2D eigenvalue weighted by Gasteiger charge is 2.17. The molecular formula is C20H22N4O3S. The van der Waals surface area contributed by atoms with E-state index in [4.69, 9.17) is 10.5 Å². The fourth-order valence-corrected chi connectivity index (χ4v) is 3.49. The summed E-state index contributed by atoms with van der Waals surface area (Å²) < 4.78 is 5.49. The third-order valence-electron chi connectivity index (χ3n) is 4.03. The highest BCUT2D eigenvalue weighted by atomic mass is 32.2. The Balaban J connectivity index is 1.69. The van der Waals surface area contributed by atoms with Gasteiger partial charge in [-0.05, 0) is 31.2 Å². The highest BCUT2D eigenvalue weighted by molar-refractivity contribution is 7.99. The second kappa shape index (κ2) is 9.27. The molecule has 2 amide bonds. The Bertz CT molecular complexity index is 958. The Labute approximate surface area is 167 Å². The zero-order valence-electron chi connectivity index (χ0n) is 15.6. The molecule has 146 valence electrons. The maximum Gasteiger partial charge on any atom is 0.237 e. The number of H-pyrrole nitrogens is 1. The van der Waals surface area contributed by atoms with E-state index in [-0.39, 0.29) is 24.6 Å². The van der Waals surface area contributed by atoms with E-state index in [1.165, 1.54) is 11.8 Å². The molecule has 0 spiro atoms. The molecule has 1 aromatic heterocycles. The predicted molar refractivity (Wildman–Crippen MR) is 111 cm³/mol. The Kier molecular flexibility index (Phi) is 6.54. The number of imidazole rings is 1. The summed E-state index contributed by atoms with van der Waals surface area (Å²) in [4.78, 5) is 33.2. The van der Waals surface area contributed by atoms with Crippen LogP contribution in [0.25, 0.3) is 11.0 Å². The van der Waals surface area contributed by atoms with Gasteiger partial charge in [-0.2, -0.15) is 0 Å². The van der Waals surface area contributed by atoms with Crippen LogP contribution in [-0.2, 0) is 9.59 Å². The van der Waals surface area contributed by atoms with Crippen LogP contribution in [0.3, 0.4) is 0 Å². The SMILES string of the molecule is CCOc1ccc2nc(SCC(=O)N(CCC(N)=O)c3ccccc3)[nH]c2c1. The number of nitrogens with one attached hydrogen (secondary N) is 1. The average molecular weight is 398 g/mol. The monoisotopic (exact) mass is 398 g/mol. The first-order chi connectivity index (χ1) is 13.6. The van der Waals surface area contributed by atoms with Crippen molar-refractivity contribution in [2.24, 2.45) is 5.73 Å². The molecule has 8 heteroatoms. The van der Waals surface area contributed by atoms with Crippen LogP contribution in [0.2, 0.25) is 0 Å². The molecule has 3 rings (SSSR count). The lowest BCUT2D eigenvalue weighted by molar-refractivity contribution is -0.118. The number of aromatic amines is 1. The van der Waals surface area contributed by atoms with Crippen molar-refractivity contribution in [1.82, 2.24) is 9.97 Å². The third kappa shape index (κ3) is 5.04. The molecule has 28 heavy (non-hydrogen) atoms. The van der Waals surface area contributed by atoms with Gasteiger partial charge >= 0.3 is 0 Å². The van der Waals surface area contributed by atoms with Gasteiger partial charge in [0, 0.05) is 24.7 Å². The van der Waals surface area contributed by atoms with E-state index >= 15 is 0 Å². The zero-order valence-corrected chi connectivity index (χ0v) is 16.4.